The van der Waals surface area contributed by atoms with Gasteiger partial charge in [-0.25, -0.2) is 5.43 Å². The Morgan fingerprint density at radius 2 is 1.80 bits per heavy atom. The number of hydrogen-bond donors (Lipinski definition) is 2. The number of morpholine rings is 1. The number of ether oxygens (including phenoxy) is 2. The molecule has 0 unspecified atom stereocenters. The van der Waals surface area contributed by atoms with Gasteiger partial charge in [0.2, 0.25) is 0 Å². The summed E-state index contributed by atoms with van der Waals surface area (Å²) in [7, 11) is 2.08. The number of rotatable bonds is 4. The molecule has 55 heavy (non-hydrogen) atoms. The summed E-state index contributed by atoms with van der Waals surface area (Å²) in [6.45, 7) is 12.0. The van der Waals surface area contributed by atoms with E-state index in [2.05, 4.69) is 27.2 Å². The minimum absolute atomic E-state index is 0.0182. The largest absolute Gasteiger partial charge is 0.464 e. The number of nitrogens with two attached hydrogens (primary N) is 1. The second-order valence-electron chi connectivity index (χ2n) is 16.8. The van der Waals surface area contributed by atoms with Crippen molar-refractivity contribution in [2.75, 3.05) is 75.9 Å². The van der Waals surface area contributed by atoms with E-state index >= 15 is 0 Å². The molecule has 300 valence electrons. The van der Waals surface area contributed by atoms with Gasteiger partial charge < -0.3 is 34.5 Å². The lowest BCUT2D eigenvalue weighted by Crippen LogP contribution is -2.59. The molecule has 6 heterocycles. The number of esters is 1. The van der Waals surface area contributed by atoms with E-state index in [9.17, 15) is 22.8 Å². The minimum atomic E-state index is -4.51. The number of benzene rings is 1. The molecule has 0 aliphatic carbocycles. The SMILES string of the molecule is CC(C)c1ncc(N2CCN(C)CC2)cc1-c1c2c3cc(ccc3n1CC(F)(F)F)N1CCO[C@@H](C[C@H](N)C(=O)N3CCC[C@H](N3)C(=O)OCC(C)(C)C2)C1. The molecule has 4 aliphatic rings. The number of pyridine rings is 1. The maximum Gasteiger partial charge on any atom is 0.406 e. The summed E-state index contributed by atoms with van der Waals surface area (Å²) in [6, 6.07) is 6.10. The van der Waals surface area contributed by atoms with E-state index in [4.69, 9.17) is 20.2 Å². The molecule has 0 saturated carbocycles. The smallest absolute Gasteiger partial charge is 0.406 e. The number of fused-ring (bicyclic) bond motifs is 6. The van der Waals surface area contributed by atoms with Crippen LogP contribution in [0.2, 0.25) is 0 Å². The first-order chi connectivity index (χ1) is 26.1. The highest BCUT2D eigenvalue weighted by Crippen LogP contribution is 2.44. The summed E-state index contributed by atoms with van der Waals surface area (Å²) >= 11 is 0. The van der Waals surface area contributed by atoms with E-state index in [1.54, 1.807) is 6.07 Å². The number of hydrazine groups is 1. The predicted octanol–water partition coefficient (Wildman–Crippen LogP) is 4.68. The number of aromatic nitrogens is 2. The standard InChI is InChI=1S/C40H55F3N8O4/c1-25(2)35-30(18-27(21-45-35)48-13-11-47(5)12-14-48)36-31-20-39(3,4)24-55-38(53)33-7-6-10-51(46-33)37(52)32(44)19-28-22-49(15-16-54-28)26-8-9-34(29(31)17-26)50(36)23-40(41,42)43/h8-9,17-18,21,25,28,32-33,46H,6-7,10-16,19-20,22-24,44H2,1-5H3/t28-,32-,33-/m0/s1. The molecule has 0 spiro atoms. The van der Waals surface area contributed by atoms with E-state index in [0.717, 1.165) is 48.8 Å². The highest BCUT2D eigenvalue weighted by molar-refractivity contribution is 5.95. The van der Waals surface area contributed by atoms with Gasteiger partial charge in [-0.2, -0.15) is 13.2 Å². The van der Waals surface area contributed by atoms with Crippen LogP contribution in [0.15, 0.2) is 30.5 Å². The van der Waals surface area contributed by atoms with Gasteiger partial charge in [-0.15, -0.1) is 0 Å². The zero-order valence-electron chi connectivity index (χ0n) is 32.6. The van der Waals surface area contributed by atoms with Gasteiger partial charge >= 0.3 is 12.1 Å². The number of cyclic esters (lactones) is 1. The van der Waals surface area contributed by atoms with E-state index in [1.165, 1.54) is 9.58 Å². The molecule has 15 heteroatoms. The third-order valence-corrected chi connectivity index (χ3v) is 11.4. The van der Waals surface area contributed by atoms with Crippen LogP contribution in [0.1, 0.15) is 64.1 Å². The van der Waals surface area contributed by atoms with E-state index < -0.39 is 36.2 Å². The second-order valence-corrected chi connectivity index (χ2v) is 16.8. The maximum atomic E-state index is 14.7. The number of anilines is 2. The molecule has 2 aromatic heterocycles. The zero-order chi connectivity index (χ0) is 39.2. The summed E-state index contributed by atoms with van der Waals surface area (Å²) in [4.78, 5) is 38.6. The minimum Gasteiger partial charge on any atom is -0.464 e. The number of nitrogens with zero attached hydrogens (tertiary/aromatic N) is 6. The molecular weight excluding hydrogens is 713 g/mol. The summed E-state index contributed by atoms with van der Waals surface area (Å²) in [5, 5.41) is 2.14. The van der Waals surface area contributed by atoms with Crippen molar-refractivity contribution in [2.45, 2.75) is 90.2 Å². The van der Waals surface area contributed by atoms with Gasteiger partial charge in [-0.1, -0.05) is 27.7 Å². The Bertz CT molecular complexity index is 1890. The lowest BCUT2D eigenvalue weighted by Gasteiger charge is -2.37. The topological polar surface area (TPSA) is 121 Å². The number of amides is 1. The Kier molecular flexibility index (Phi) is 11.1. The van der Waals surface area contributed by atoms with Crippen molar-refractivity contribution in [1.29, 1.82) is 0 Å². The van der Waals surface area contributed by atoms with Crippen LogP contribution in [-0.4, -0.2) is 122 Å². The summed E-state index contributed by atoms with van der Waals surface area (Å²) in [6.07, 6.45) is -1.33. The average Bonchev–Trinajstić information content (AvgIpc) is 3.42. The molecule has 3 atom stereocenters. The van der Waals surface area contributed by atoms with Gasteiger partial charge in [-0.3, -0.25) is 19.6 Å². The predicted molar refractivity (Wildman–Crippen MR) is 206 cm³/mol. The van der Waals surface area contributed by atoms with Crippen LogP contribution >= 0.6 is 0 Å². The highest BCUT2D eigenvalue weighted by Gasteiger charge is 2.37. The lowest BCUT2D eigenvalue weighted by atomic mass is 9.84. The maximum absolute atomic E-state index is 14.7. The van der Waals surface area contributed by atoms with Crippen molar-refractivity contribution in [3.05, 3.63) is 41.7 Å². The lowest BCUT2D eigenvalue weighted by molar-refractivity contribution is -0.155. The van der Waals surface area contributed by atoms with E-state index in [1.807, 2.05) is 52.1 Å². The Morgan fingerprint density at radius 1 is 1.04 bits per heavy atom. The summed E-state index contributed by atoms with van der Waals surface area (Å²) in [5.41, 5.74) is 13.6. The molecule has 0 radical (unpaired) electrons. The molecule has 3 fully saturated rings. The van der Waals surface area contributed by atoms with Crippen LogP contribution in [0, 0.1) is 5.41 Å². The molecule has 3 N–H and O–H groups in total. The van der Waals surface area contributed by atoms with Gasteiger partial charge in [-0.05, 0) is 68.5 Å². The fourth-order valence-corrected chi connectivity index (χ4v) is 8.48. The normalized spacial score (nSPS) is 24.7. The average molecular weight is 769 g/mol. The number of likely N-dealkylation sites (N-methyl/N-ethyl adjacent to an activating group) is 1. The number of carbonyl (C=O) groups excluding carboxylic acids is 2. The monoisotopic (exact) mass is 768 g/mol. The number of hydrogen-bond acceptors (Lipinski definition) is 10. The highest BCUT2D eigenvalue weighted by atomic mass is 19.4. The van der Waals surface area contributed by atoms with Crippen molar-refractivity contribution in [2.24, 2.45) is 11.1 Å². The molecule has 1 amide bonds. The van der Waals surface area contributed by atoms with Crippen LogP contribution in [0.3, 0.4) is 0 Å². The number of carbonyl (C=O) groups is 2. The third kappa shape index (κ3) is 8.59. The van der Waals surface area contributed by atoms with E-state index in [0.29, 0.717) is 67.7 Å². The summed E-state index contributed by atoms with van der Waals surface area (Å²) in [5.74, 6) is -0.869. The molecular formula is C40H55F3N8O4. The Labute approximate surface area is 321 Å². The van der Waals surface area contributed by atoms with Crippen LogP contribution in [0.4, 0.5) is 24.5 Å². The van der Waals surface area contributed by atoms with E-state index in [-0.39, 0.29) is 31.0 Å². The van der Waals surface area contributed by atoms with Crippen molar-refractivity contribution >= 4 is 34.2 Å². The number of piperazine rings is 1. The molecule has 12 nitrogen and oxygen atoms in total. The first-order valence-electron chi connectivity index (χ1n) is 19.6. The molecule has 3 saturated heterocycles. The quantitative estimate of drug-likeness (QED) is 0.362. The van der Waals surface area contributed by atoms with Gasteiger partial charge in [0.05, 0.1) is 48.6 Å². The molecule has 6 bridgehead atoms. The number of halogens is 3. The molecule has 3 aromatic rings. The van der Waals surface area contributed by atoms with Crippen molar-refractivity contribution in [1.82, 2.24) is 24.9 Å². The van der Waals surface area contributed by atoms with Gasteiger partial charge in [0.15, 0.2) is 0 Å². The first kappa shape index (κ1) is 39.3. The fraction of sp³-hybridized carbons (Fsp3) is 0.625. The second kappa shape index (κ2) is 15.5. The van der Waals surface area contributed by atoms with Crippen molar-refractivity contribution in [3.8, 4) is 11.3 Å². The van der Waals surface area contributed by atoms with Gasteiger partial charge in [0, 0.05) is 73.4 Å². The Balaban J connectivity index is 1.41. The van der Waals surface area contributed by atoms with Crippen molar-refractivity contribution in [3.63, 3.8) is 0 Å². The first-order valence-corrected chi connectivity index (χ1v) is 19.6. The Hall–Kier alpha value is -3.92. The van der Waals surface area contributed by atoms with Crippen LogP contribution in [0.25, 0.3) is 22.2 Å². The number of alkyl halides is 3. The van der Waals surface area contributed by atoms with Crippen LogP contribution < -0.4 is 21.0 Å². The van der Waals surface area contributed by atoms with Crippen molar-refractivity contribution < 1.29 is 32.2 Å². The molecule has 4 aliphatic heterocycles. The molecule has 1 aromatic carbocycles. The zero-order valence-corrected chi connectivity index (χ0v) is 32.6. The number of nitrogens with one attached hydrogen (secondary N) is 1. The third-order valence-electron chi connectivity index (χ3n) is 11.4. The fourth-order valence-electron chi connectivity index (χ4n) is 8.48. The van der Waals surface area contributed by atoms with Crippen LogP contribution in [-0.2, 0) is 32.0 Å². The van der Waals surface area contributed by atoms with Gasteiger partial charge in [0.1, 0.15) is 12.6 Å². The van der Waals surface area contributed by atoms with Crippen LogP contribution in [0.5, 0.6) is 0 Å². The Morgan fingerprint density at radius 3 is 2.53 bits per heavy atom. The summed E-state index contributed by atoms with van der Waals surface area (Å²) < 4.78 is 57.7. The van der Waals surface area contributed by atoms with Gasteiger partial charge in [0.25, 0.3) is 5.91 Å². The molecule has 7 rings (SSSR count).